The van der Waals surface area contributed by atoms with Crippen LogP contribution in [0.3, 0.4) is 0 Å². The van der Waals surface area contributed by atoms with Crippen molar-refractivity contribution in [1.82, 2.24) is 5.32 Å². The number of aryl methyl sites for hydroxylation is 1. The Labute approximate surface area is 199 Å². The second-order valence-corrected chi connectivity index (χ2v) is 8.70. The maximum Gasteiger partial charge on any atom is 0.694 e. The van der Waals surface area contributed by atoms with Gasteiger partial charge in [-0.25, -0.2) is 8.78 Å². The van der Waals surface area contributed by atoms with Crippen molar-refractivity contribution in [1.29, 1.82) is 0 Å². The van der Waals surface area contributed by atoms with E-state index in [1.165, 1.54) is 18.2 Å². The summed E-state index contributed by atoms with van der Waals surface area (Å²) in [5, 5.41) is 6.48. The zero-order valence-corrected chi connectivity index (χ0v) is 19.8. The summed E-state index contributed by atoms with van der Waals surface area (Å²) < 4.78 is 48.1. The quantitative estimate of drug-likeness (QED) is 0.174. The number of hydrogen-bond acceptors (Lipinski definition) is 5. The fourth-order valence-electron chi connectivity index (χ4n) is 3.62. The summed E-state index contributed by atoms with van der Waals surface area (Å²) in [6.45, 7) is 1.72. The third kappa shape index (κ3) is 8.61. The Morgan fingerprint density at radius 1 is 1.00 bits per heavy atom. The lowest BCUT2D eigenvalue weighted by Crippen LogP contribution is -2.17. The van der Waals surface area contributed by atoms with Crippen molar-refractivity contribution in [2.75, 3.05) is 25.0 Å². The average molecular weight is 491 g/mol. The maximum absolute atomic E-state index is 14.8. The molecule has 9 heteroatoms. The minimum atomic E-state index is -2.59. The normalized spacial score (nSPS) is 11.6. The molecule has 0 amide bonds. The Kier molecular flexibility index (Phi) is 10.6. The third-order valence-corrected chi connectivity index (χ3v) is 5.81. The number of rotatable bonds is 15. The van der Waals surface area contributed by atoms with E-state index in [2.05, 4.69) is 15.2 Å². The first-order valence-electron chi connectivity index (χ1n) is 11.4. The van der Waals surface area contributed by atoms with Gasteiger partial charge in [0.15, 0.2) is 0 Å². The lowest BCUT2D eigenvalue weighted by atomic mass is 10.0. The molecule has 0 fully saturated rings. The molecule has 1 aromatic heterocycles. The van der Waals surface area contributed by atoms with E-state index < -0.39 is 8.25 Å². The van der Waals surface area contributed by atoms with Crippen LogP contribution in [0.2, 0.25) is 0 Å². The number of halogens is 2. The highest BCUT2D eigenvalue weighted by Crippen LogP contribution is 2.31. The fourth-order valence-corrected chi connectivity index (χ4v) is 3.91. The zero-order chi connectivity index (χ0) is 24.2. The van der Waals surface area contributed by atoms with Gasteiger partial charge in [-0.3, -0.25) is 0 Å². The Balaban J connectivity index is 1.50. The molecule has 2 aromatic carbocycles. The first kappa shape index (κ1) is 26.0. The molecule has 1 unspecified atom stereocenters. The molecule has 0 saturated heterocycles. The van der Waals surface area contributed by atoms with Gasteiger partial charge in [0.05, 0.1) is 12.5 Å². The SMILES string of the molecule is O=[P+](O)OCCCNCc1cc(-c2ccoc2)c(NCCCCCc2ccc(F)cc2)cc1F. The first-order chi connectivity index (χ1) is 16.5. The van der Waals surface area contributed by atoms with Crippen molar-refractivity contribution in [2.45, 2.75) is 38.6 Å². The first-order valence-corrected chi connectivity index (χ1v) is 12.5. The van der Waals surface area contributed by atoms with E-state index in [0.717, 1.165) is 42.4 Å². The Morgan fingerprint density at radius 3 is 2.56 bits per heavy atom. The molecule has 1 atom stereocenters. The standard InChI is InChI=1S/C25H29F2N2O4P/c26-22-8-6-19(7-9-22)5-2-1-3-12-29-25-16-24(27)21(15-23(25)20-10-14-32-18-20)17-28-11-4-13-33-34(30)31/h6-10,14-16,18,28-29H,1-5,11-13,17H2/p+1. The number of furan rings is 1. The highest BCUT2D eigenvalue weighted by Gasteiger charge is 2.13. The molecule has 3 aromatic rings. The summed E-state index contributed by atoms with van der Waals surface area (Å²) >= 11 is 0. The monoisotopic (exact) mass is 491 g/mol. The number of hydrogen-bond donors (Lipinski definition) is 3. The van der Waals surface area contributed by atoms with Gasteiger partial charge in [-0.15, -0.1) is 9.42 Å². The average Bonchev–Trinajstić information content (AvgIpc) is 3.35. The van der Waals surface area contributed by atoms with Crippen LogP contribution in [0.1, 0.15) is 36.8 Å². The van der Waals surface area contributed by atoms with Crippen molar-refractivity contribution >= 4 is 13.9 Å². The molecule has 0 radical (unpaired) electrons. The minimum Gasteiger partial charge on any atom is -0.472 e. The van der Waals surface area contributed by atoms with Crippen molar-refractivity contribution in [3.8, 4) is 11.1 Å². The van der Waals surface area contributed by atoms with E-state index >= 15 is 0 Å². The third-order valence-electron chi connectivity index (χ3n) is 5.40. The predicted molar refractivity (Wildman–Crippen MR) is 129 cm³/mol. The van der Waals surface area contributed by atoms with Gasteiger partial charge in [-0.2, -0.15) is 0 Å². The lowest BCUT2D eigenvalue weighted by Gasteiger charge is -2.15. The second kappa shape index (κ2) is 13.9. The van der Waals surface area contributed by atoms with Gasteiger partial charge in [0.2, 0.25) is 0 Å². The fraction of sp³-hybridized carbons (Fsp3) is 0.360. The molecule has 0 aliphatic rings. The summed E-state index contributed by atoms with van der Waals surface area (Å²) in [7, 11) is -2.59. The number of unbranched alkanes of at least 4 members (excludes halogenated alkanes) is 2. The van der Waals surface area contributed by atoms with E-state index in [9.17, 15) is 13.3 Å². The summed E-state index contributed by atoms with van der Waals surface area (Å²) in [4.78, 5) is 8.62. The molecule has 3 rings (SSSR count). The van der Waals surface area contributed by atoms with Gasteiger partial charge in [0, 0.05) is 40.0 Å². The Hall–Kier alpha value is -2.64. The van der Waals surface area contributed by atoms with Crippen molar-refractivity contribution in [2.24, 2.45) is 0 Å². The van der Waals surface area contributed by atoms with Gasteiger partial charge < -0.3 is 15.1 Å². The summed E-state index contributed by atoms with van der Waals surface area (Å²) in [6, 6.07) is 11.8. The highest BCUT2D eigenvalue weighted by molar-refractivity contribution is 7.32. The minimum absolute atomic E-state index is 0.161. The number of anilines is 1. The maximum atomic E-state index is 14.8. The summed E-state index contributed by atoms with van der Waals surface area (Å²) in [5.41, 5.74) is 4.08. The molecule has 6 nitrogen and oxygen atoms in total. The van der Waals surface area contributed by atoms with Crippen LogP contribution in [0.5, 0.6) is 0 Å². The molecular weight excluding hydrogens is 461 g/mol. The molecule has 3 N–H and O–H groups in total. The molecule has 34 heavy (non-hydrogen) atoms. The molecule has 182 valence electrons. The largest absolute Gasteiger partial charge is 0.694 e. The van der Waals surface area contributed by atoms with Gasteiger partial charge >= 0.3 is 8.25 Å². The molecule has 0 aliphatic carbocycles. The van der Waals surface area contributed by atoms with E-state index in [1.807, 2.05) is 24.3 Å². The Morgan fingerprint density at radius 2 is 1.82 bits per heavy atom. The van der Waals surface area contributed by atoms with Crippen LogP contribution in [0, 0.1) is 11.6 Å². The molecule has 0 aliphatic heterocycles. The van der Waals surface area contributed by atoms with Crippen LogP contribution in [-0.4, -0.2) is 24.6 Å². The van der Waals surface area contributed by atoms with E-state index in [-0.39, 0.29) is 18.2 Å². The Bertz CT molecular complexity index is 1030. The zero-order valence-electron chi connectivity index (χ0n) is 18.9. The van der Waals surface area contributed by atoms with Crippen LogP contribution in [0.25, 0.3) is 11.1 Å². The van der Waals surface area contributed by atoms with Crippen LogP contribution in [0.15, 0.2) is 59.4 Å². The van der Waals surface area contributed by atoms with Crippen LogP contribution in [0.4, 0.5) is 14.5 Å². The van der Waals surface area contributed by atoms with E-state index in [1.54, 1.807) is 12.5 Å². The van der Waals surface area contributed by atoms with Crippen molar-refractivity contribution in [3.63, 3.8) is 0 Å². The van der Waals surface area contributed by atoms with Crippen molar-refractivity contribution in [3.05, 3.63) is 77.8 Å². The van der Waals surface area contributed by atoms with Crippen LogP contribution in [-0.2, 0) is 22.1 Å². The number of nitrogens with one attached hydrogen (secondary N) is 2. The number of benzene rings is 2. The van der Waals surface area contributed by atoms with Crippen LogP contribution >= 0.6 is 8.25 Å². The second-order valence-electron chi connectivity index (χ2n) is 7.97. The van der Waals surface area contributed by atoms with Gasteiger partial charge in [0.1, 0.15) is 18.2 Å². The van der Waals surface area contributed by atoms with Gasteiger partial charge in [0.25, 0.3) is 0 Å². The van der Waals surface area contributed by atoms with Crippen LogP contribution < -0.4 is 10.6 Å². The lowest BCUT2D eigenvalue weighted by molar-refractivity contribution is 0.276. The highest BCUT2D eigenvalue weighted by atomic mass is 31.1. The predicted octanol–water partition coefficient (Wildman–Crippen LogP) is 6.20. The van der Waals surface area contributed by atoms with E-state index in [4.69, 9.17) is 9.31 Å². The smallest absolute Gasteiger partial charge is 0.472 e. The molecule has 0 spiro atoms. The summed E-state index contributed by atoms with van der Waals surface area (Å²) in [5.74, 6) is -0.532. The van der Waals surface area contributed by atoms with E-state index in [0.29, 0.717) is 37.3 Å². The molecule has 0 saturated carbocycles. The van der Waals surface area contributed by atoms with Crippen molar-refractivity contribution < 1.29 is 27.2 Å². The summed E-state index contributed by atoms with van der Waals surface area (Å²) in [6.07, 6.45) is 7.59. The van der Waals surface area contributed by atoms with Gasteiger partial charge in [-0.05, 0) is 68.1 Å². The molecule has 0 bridgehead atoms. The molecule has 1 heterocycles. The van der Waals surface area contributed by atoms with Gasteiger partial charge in [-0.1, -0.05) is 18.6 Å². The molecular formula is C25H30F2N2O4P+. The topological polar surface area (TPSA) is 83.7 Å².